The number of nitrogens with zero attached hydrogens (tertiary/aromatic N) is 2. The molecule has 9 heteroatoms. The third kappa shape index (κ3) is 3.17. The first-order valence-corrected chi connectivity index (χ1v) is 7.81. The number of hydrogen-bond acceptors (Lipinski definition) is 6. The van der Waals surface area contributed by atoms with Gasteiger partial charge in [0.15, 0.2) is 18.1 Å². The van der Waals surface area contributed by atoms with E-state index in [4.69, 9.17) is 14.2 Å². The minimum Gasteiger partial charge on any atom is -0.493 e. The number of methoxy groups -OCH3 is 2. The third-order valence-electron chi connectivity index (χ3n) is 4.24. The highest BCUT2D eigenvalue weighted by atomic mass is 16.6. The van der Waals surface area contributed by atoms with Crippen molar-refractivity contribution >= 4 is 23.7 Å². The Morgan fingerprint density at radius 1 is 1.28 bits per heavy atom. The number of rotatable bonds is 4. The summed E-state index contributed by atoms with van der Waals surface area (Å²) in [6, 6.07) is 4.47. The van der Waals surface area contributed by atoms with Crippen molar-refractivity contribution in [2.75, 3.05) is 39.2 Å². The van der Waals surface area contributed by atoms with E-state index in [1.165, 1.54) is 14.2 Å². The van der Waals surface area contributed by atoms with Crippen molar-refractivity contribution < 1.29 is 28.6 Å². The summed E-state index contributed by atoms with van der Waals surface area (Å²) in [4.78, 5) is 38.5. The first-order valence-electron chi connectivity index (χ1n) is 7.81. The third-order valence-corrected chi connectivity index (χ3v) is 4.24. The van der Waals surface area contributed by atoms with Crippen LogP contribution in [-0.4, -0.2) is 67.8 Å². The van der Waals surface area contributed by atoms with Gasteiger partial charge < -0.3 is 24.4 Å². The molecule has 1 N–H and O–H groups in total. The van der Waals surface area contributed by atoms with Crippen molar-refractivity contribution in [2.45, 2.75) is 12.5 Å². The lowest BCUT2D eigenvalue weighted by Gasteiger charge is -2.21. The molecule has 1 atom stereocenters. The van der Waals surface area contributed by atoms with Crippen LogP contribution in [0, 0.1) is 0 Å². The maximum Gasteiger partial charge on any atom is 0.417 e. The van der Waals surface area contributed by atoms with Gasteiger partial charge in [0.2, 0.25) is 0 Å². The fourth-order valence-electron chi connectivity index (χ4n) is 3.03. The number of benzene rings is 1. The van der Waals surface area contributed by atoms with Gasteiger partial charge in [0.25, 0.3) is 5.91 Å². The summed E-state index contributed by atoms with van der Waals surface area (Å²) in [6.45, 7) is 0.460. The molecule has 0 spiro atoms. The molecule has 134 valence electrons. The number of nitrogens with one attached hydrogen (secondary N) is 1. The summed E-state index contributed by atoms with van der Waals surface area (Å²) >= 11 is 0. The van der Waals surface area contributed by atoms with Crippen molar-refractivity contribution in [3.05, 3.63) is 18.2 Å². The molecule has 1 aromatic carbocycles. The molecule has 2 saturated heterocycles. The van der Waals surface area contributed by atoms with Crippen LogP contribution in [0.5, 0.6) is 11.5 Å². The number of anilines is 1. The summed E-state index contributed by atoms with van der Waals surface area (Å²) in [7, 11) is 3.00. The van der Waals surface area contributed by atoms with E-state index in [9.17, 15) is 14.4 Å². The molecule has 25 heavy (non-hydrogen) atoms. The number of urea groups is 1. The highest BCUT2D eigenvalue weighted by Crippen LogP contribution is 2.35. The minimum absolute atomic E-state index is 0.234. The molecule has 2 aliphatic rings. The van der Waals surface area contributed by atoms with Crippen molar-refractivity contribution in [2.24, 2.45) is 0 Å². The number of para-hydroxylation sites is 1. The van der Waals surface area contributed by atoms with E-state index in [1.54, 1.807) is 23.1 Å². The van der Waals surface area contributed by atoms with Crippen molar-refractivity contribution in [3.63, 3.8) is 0 Å². The van der Waals surface area contributed by atoms with Gasteiger partial charge in [0.1, 0.15) is 0 Å². The molecule has 0 saturated carbocycles. The number of ether oxygens (including phenoxy) is 3. The highest BCUT2D eigenvalue weighted by Gasteiger charge is 2.41. The van der Waals surface area contributed by atoms with Crippen LogP contribution >= 0.6 is 0 Å². The van der Waals surface area contributed by atoms with Gasteiger partial charge in [-0.25, -0.2) is 14.5 Å². The second kappa shape index (κ2) is 6.88. The molecule has 1 unspecified atom stereocenters. The molecule has 9 nitrogen and oxygen atoms in total. The monoisotopic (exact) mass is 349 g/mol. The molecule has 0 aromatic heterocycles. The molecule has 0 aliphatic carbocycles. The van der Waals surface area contributed by atoms with Gasteiger partial charge in [-0.15, -0.1) is 0 Å². The van der Waals surface area contributed by atoms with Crippen molar-refractivity contribution in [1.29, 1.82) is 0 Å². The van der Waals surface area contributed by atoms with E-state index in [1.807, 2.05) is 0 Å². The van der Waals surface area contributed by atoms with Crippen LogP contribution in [0.15, 0.2) is 18.2 Å². The zero-order valence-electron chi connectivity index (χ0n) is 14.0. The molecule has 1 aromatic rings. The molecule has 3 rings (SSSR count). The molecule has 2 heterocycles. The minimum atomic E-state index is -0.647. The molecule has 0 radical (unpaired) electrons. The van der Waals surface area contributed by atoms with Gasteiger partial charge in [-0.1, -0.05) is 6.07 Å². The van der Waals surface area contributed by atoms with E-state index < -0.39 is 6.09 Å². The number of cyclic esters (lactones) is 1. The smallest absolute Gasteiger partial charge is 0.417 e. The van der Waals surface area contributed by atoms with Crippen LogP contribution < -0.4 is 14.8 Å². The van der Waals surface area contributed by atoms with E-state index in [0.29, 0.717) is 30.2 Å². The van der Waals surface area contributed by atoms with Crippen LogP contribution in [0.1, 0.15) is 6.42 Å². The fourth-order valence-corrected chi connectivity index (χ4v) is 3.03. The summed E-state index contributed by atoms with van der Waals surface area (Å²) in [5, 5.41) is 2.77. The fraction of sp³-hybridized carbons (Fsp3) is 0.438. The van der Waals surface area contributed by atoms with Gasteiger partial charge in [-0.05, 0) is 18.6 Å². The van der Waals surface area contributed by atoms with Crippen LogP contribution in [0.3, 0.4) is 0 Å². The lowest BCUT2D eigenvalue weighted by Crippen LogP contribution is -2.42. The Balaban J connectivity index is 1.67. The predicted molar refractivity (Wildman–Crippen MR) is 86.7 cm³/mol. The Morgan fingerprint density at radius 3 is 2.72 bits per heavy atom. The Kier molecular flexibility index (Phi) is 4.64. The Morgan fingerprint density at radius 2 is 2.08 bits per heavy atom. The van der Waals surface area contributed by atoms with E-state index in [0.717, 1.165) is 4.90 Å². The maximum absolute atomic E-state index is 12.5. The number of likely N-dealkylation sites (tertiary alicyclic amines) is 1. The standard InChI is InChI=1S/C16H19N3O6/c1-23-12-5-3-4-11(14(12)24-2)17-15(21)18-7-6-10(8-18)19-13(20)9-25-16(19)22/h3-5,10H,6-9H2,1-2H3,(H,17,21). The van der Waals surface area contributed by atoms with Gasteiger partial charge in [0.05, 0.1) is 25.9 Å². The van der Waals surface area contributed by atoms with Crippen LogP contribution in [0.2, 0.25) is 0 Å². The van der Waals surface area contributed by atoms with Gasteiger partial charge in [-0.3, -0.25) is 4.79 Å². The Bertz CT molecular complexity index is 691. The summed E-state index contributed by atoms with van der Waals surface area (Å²) in [5.41, 5.74) is 0.479. The number of amides is 4. The Labute approximate surface area is 144 Å². The SMILES string of the molecule is COc1cccc(NC(=O)N2CCC(N3C(=O)COC3=O)C2)c1OC. The average molecular weight is 349 g/mol. The van der Waals surface area contributed by atoms with Crippen LogP contribution in [-0.2, 0) is 9.53 Å². The number of imide groups is 1. The van der Waals surface area contributed by atoms with Crippen LogP contribution in [0.4, 0.5) is 15.3 Å². The zero-order chi connectivity index (χ0) is 18.0. The van der Waals surface area contributed by atoms with Gasteiger partial charge in [0, 0.05) is 13.1 Å². The first-order chi connectivity index (χ1) is 12.0. The molecular formula is C16H19N3O6. The number of carbonyl (C=O) groups excluding carboxylic acids is 3. The molecule has 4 amide bonds. The molecular weight excluding hydrogens is 330 g/mol. The maximum atomic E-state index is 12.5. The lowest BCUT2D eigenvalue weighted by atomic mass is 10.2. The number of hydrogen-bond donors (Lipinski definition) is 1. The van der Waals surface area contributed by atoms with Gasteiger partial charge in [-0.2, -0.15) is 0 Å². The molecule has 2 fully saturated rings. The second-order valence-electron chi connectivity index (χ2n) is 5.68. The topological polar surface area (TPSA) is 97.4 Å². The van der Waals surface area contributed by atoms with Crippen LogP contribution in [0.25, 0.3) is 0 Å². The van der Waals surface area contributed by atoms with E-state index >= 15 is 0 Å². The quantitative estimate of drug-likeness (QED) is 0.880. The largest absolute Gasteiger partial charge is 0.493 e. The summed E-state index contributed by atoms with van der Waals surface area (Å²) in [5.74, 6) is 0.559. The average Bonchev–Trinajstić information content (AvgIpc) is 3.21. The summed E-state index contributed by atoms with van der Waals surface area (Å²) in [6.07, 6.45) is -0.129. The predicted octanol–water partition coefficient (Wildman–Crippen LogP) is 1.29. The first kappa shape index (κ1) is 16.9. The molecule has 0 bridgehead atoms. The zero-order valence-corrected chi connectivity index (χ0v) is 14.0. The van der Waals surface area contributed by atoms with E-state index in [2.05, 4.69) is 5.32 Å². The van der Waals surface area contributed by atoms with Crippen molar-refractivity contribution in [3.8, 4) is 11.5 Å². The van der Waals surface area contributed by atoms with E-state index in [-0.39, 0.29) is 31.1 Å². The summed E-state index contributed by atoms with van der Waals surface area (Å²) < 4.78 is 15.2. The number of carbonyl (C=O) groups is 3. The molecule has 2 aliphatic heterocycles. The lowest BCUT2D eigenvalue weighted by molar-refractivity contribution is -0.127. The Hall–Kier alpha value is -2.97. The second-order valence-corrected chi connectivity index (χ2v) is 5.68. The van der Waals surface area contributed by atoms with Gasteiger partial charge >= 0.3 is 12.1 Å². The highest BCUT2D eigenvalue weighted by molar-refractivity contribution is 5.98. The normalized spacial score (nSPS) is 19.8. The van der Waals surface area contributed by atoms with Crippen molar-refractivity contribution in [1.82, 2.24) is 9.80 Å².